The van der Waals surface area contributed by atoms with Crippen LogP contribution < -0.4 is 5.32 Å². The first-order chi connectivity index (χ1) is 8.09. The molecule has 1 heterocycles. The monoisotopic (exact) mass is 231 g/mol. The second kappa shape index (κ2) is 4.41. The molecule has 1 aliphatic rings. The summed E-state index contributed by atoms with van der Waals surface area (Å²) in [6.07, 6.45) is -0.679. The van der Waals surface area contributed by atoms with Gasteiger partial charge >= 0.3 is 5.97 Å². The van der Waals surface area contributed by atoms with Crippen LogP contribution in [-0.2, 0) is 14.3 Å². The van der Waals surface area contributed by atoms with Gasteiger partial charge in [0.15, 0.2) is 17.8 Å². The fraction of sp³-hybridized carbons (Fsp3) is 0.231. The number of rotatable bonds is 3. The smallest absolute Gasteiger partial charge is 0.323 e. The number of anilines is 1. The molecular weight excluding hydrogens is 218 g/mol. The molecule has 4 nitrogen and oxygen atoms in total. The lowest BCUT2D eigenvalue weighted by Crippen LogP contribution is -2.23. The average molecular weight is 231 g/mol. The van der Waals surface area contributed by atoms with Crippen LogP contribution >= 0.6 is 0 Å². The van der Waals surface area contributed by atoms with E-state index < -0.39 is 18.0 Å². The van der Waals surface area contributed by atoms with Crippen molar-refractivity contribution in [3.05, 3.63) is 42.6 Å². The first-order valence-electron chi connectivity index (χ1n) is 5.34. The van der Waals surface area contributed by atoms with Crippen molar-refractivity contribution in [3.63, 3.8) is 0 Å². The van der Waals surface area contributed by atoms with Crippen LogP contribution in [0.1, 0.15) is 6.92 Å². The van der Waals surface area contributed by atoms with Crippen LogP contribution in [0.15, 0.2) is 42.6 Å². The topological polar surface area (TPSA) is 55.4 Å². The van der Waals surface area contributed by atoms with Crippen molar-refractivity contribution in [2.75, 3.05) is 5.32 Å². The number of ketones is 1. The third-order valence-electron chi connectivity index (χ3n) is 2.64. The first kappa shape index (κ1) is 11.4. The molecule has 0 unspecified atom stereocenters. The summed E-state index contributed by atoms with van der Waals surface area (Å²) in [5.74, 6) is -1.68. The van der Waals surface area contributed by atoms with Crippen LogP contribution in [0.5, 0.6) is 0 Å². The fourth-order valence-electron chi connectivity index (χ4n) is 1.74. The van der Waals surface area contributed by atoms with Gasteiger partial charge in [0.1, 0.15) is 0 Å². The number of Topliss-reactive ketones (excluding diaryl/α,β-unsaturated/α-hetero) is 1. The average Bonchev–Trinajstić information content (AvgIpc) is 2.54. The lowest BCUT2D eigenvalue weighted by molar-refractivity contribution is -0.143. The zero-order valence-electron chi connectivity index (χ0n) is 9.47. The van der Waals surface area contributed by atoms with Gasteiger partial charge in [-0.3, -0.25) is 9.59 Å². The SMILES string of the molecule is C=C(Nc1ccccc1)[C@@H]1C(=O)O[C@@H](C)C1=O. The molecule has 17 heavy (non-hydrogen) atoms. The van der Waals surface area contributed by atoms with Crippen molar-refractivity contribution in [1.29, 1.82) is 0 Å². The Kier molecular flexibility index (Phi) is 2.95. The molecule has 1 aliphatic heterocycles. The van der Waals surface area contributed by atoms with Crippen LogP contribution in [-0.4, -0.2) is 17.9 Å². The van der Waals surface area contributed by atoms with Gasteiger partial charge in [-0.05, 0) is 19.1 Å². The van der Waals surface area contributed by atoms with E-state index in [4.69, 9.17) is 4.74 Å². The molecule has 1 aromatic rings. The van der Waals surface area contributed by atoms with E-state index in [9.17, 15) is 9.59 Å². The summed E-state index contributed by atoms with van der Waals surface area (Å²) in [6, 6.07) is 9.25. The van der Waals surface area contributed by atoms with Crippen molar-refractivity contribution in [2.45, 2.75) is 13.0 Å². The predicted molar refractivity (Wildman–Crippen MR) is 63.3 cm³/mol. The highest BCUT2D eigenvalue weighted by atomic mass is 16.6. The Labute approximate surface area is 99.3 Å². The summed E-state index contributed by atoms with van der Waals surface area (Å²) >= 11 is 0. The number of para-hydroxylation sites is 1. The number of nitrogens with one attached hydrogen (secondary N) is 1. The highest BCUT2D eigenvalue weighted by Crippen LogP contribution is 2.24. The predicted octanol–water partition coefficient (Wildman–Crippen LogP) is 1.74. The van der Waals surface area contributed by atoms with E-state index in [1.807, 2.05) is 30.3 Å². The molecular formula is C13H13NO3. The molecule has 2 atom stereocenters. The van der Waals surface area contributed by atoms with E-state index in [1.54, 1.807) is 6.92 Å². The molecule has 2 rings (SSSR count). The van der Waals surface area contributed by atoms with Crippen molar-refractivity contribution >= 4 is 17.4 Å². The van der Waals surface area contributed by atoms with Crippen LogP contribution in [0.25, 0.3) is 0 Å². The number of esters is 1. The maximum atomic E-state index is 11.7. The maximum absolute atomic E-state index is 11.7. The molecule has 0 spiro atoms. The van der Waals surface area contributed by atoms with Crippen molar-refractivity contribution in [3.8, 4) is 0 Å². The zero-order chi connectivity index (χ0) is 12.4. The fourth-order valence-corrected chi connectivity index (χ4v) is 1.74. The van der Waals surface area contributed by atoms with Gasteiger partial charge in [0.2, 0.25) is 0 Å². The summed E-state index contributed by atoms with van der Waals surface area (Å²) in [4.78, 5) is 23.2. The Bertz CT molecular complexity index is 467. The molecule has 0 aromatic heterocycles. The first-order valence-corrected chi connectivity index (χ1v) is 5.34. The molecule has 0 aliphatic carbocycles. The normalized spacial score (nSPS) is 23.4. The van der Waals surface area contributed by atoms with Gasteiger partial charge in [0.05, 0.1) is 0 Å². The molecule has 0 radical (unpaired) electrons. The van der Waals surface area contributed by atoms with Gasteiger partial charge in [0.25, 0.3) is 0 Å². The Hall–Kier alpha value is -2.10. The number of carbonyl (C=O) groups is 2. The van der Waals surface area contributed by atoms with Crippen LogP contribution in [0.3, 0.4) is 0 Å². The van der Waals surface area contributed by atoms with Crippen molar-refractivity contribution in [2.24, 2.45) is 5.92 Å². The Morgan fingerprint density at radius 2 is 1.94 bits per heavy atom. The minimum absolute atomic E-state index is 0.247. The number of hydrogen-bond donors (Lipinski definition) is 1. The third-order valence-corrected chi connectivity index (χ3v) is 2.64. The van der Waals surface area contributed by atoms with Crippen LogP contribution in [0.4, 0.5) is 5.69 Å². The maximum Gasteiger partial charge on any atom is 0.323 e. The molecule has 1 aromatic carbocycles. The summed E-state index contributed by atoms with van der Waals surface area (Å²) in [6.45, 7) is 5.30. The van der Waals surface area contributed by atoms with Crippen LogP contribution in [0, 0.1) is 5.92 Å². The highest BCUT2D eigenvalue weighted by Gasteiger charge is 2.42. The van der Waals surface area contributed by atoms with Crippen LogP contribution in [0.2, 0.25) is 0 Å². The van der Waals surface area contributed by atoms with Gasteiger partial charge < -0.3 is 10.1 Å². The van der Waals surface area contributed by atoms with Gasteiger partial charge in [-0.2, -0.15) is 0 Å². The lowest BCUT2D eigenvalue weighted by atomic mass is 10.0. The Morgan fingerprint density at radius 3 is 2.47 bits per heavy atom. The summed E-state index contributed by atoms with van der Waals surface area (Å²) in [5.41, 5.74) is 1.15. The van der Waals surface area contributed by atoms with E-state index >= 15 is 0 Å². The largest absolute Gasteiger partial charge is 0.454 e. The second-order valence-electron chi connectivity index (χ2n) is 3.93. The van der Waals surface area contributed by atoms with E-state index in [2.05, 4.69) is 11.9 Å². The molecule has 1 saturated heterocycles. The standard InChI is InChI=1S/C13H13NO3/c1-8(14-10-6-4-3-5-7-10)11-12(15)9(2)17-13(11)16/h3-7,9,11,14H,1H2,2H3/t9-,11-/m0/s1. The lowest BCUT2D eigenvalue weighted by Gasteiger charge is -2.11. The molecule has 4 heteroatoms. The summed E-state index contributed by atoms with van der Waals surface area (Å²) < 4.78 is 4.86. The molecule has 88 valence electrons. The number of ether oxygens (including phenoxy) is 1. The second-order valence-corrected chi connectivity index (χ2v) is 3.93. The van der Waals surface area contributed by atoms with E-state index in [-0.39, 0.29) is 5.78 Å². The molecule has 1 fully saturated rings. The number of hydrogen-bond acceptors (Lipinski definition) is 4. The van der Waals surface area contributed by atoms with E-state index in [1.165, 1.54) is 0 Å². The molecule has 0 saturated carbocycles. The van der Waals surface area contributed by atoms with Crippen molar-refractivity contribution in [1.82, 2.24) is 0 Å². The minimum atomic E-state index is -0.898. The Balaban J connectivity index is 2.11. The third kappa shape index (κ3) is 2.20. The summed E-state index contributed by atoms with van der Waals surface area (Å²) in [5, 5.41) is 2.95. The Morgan fingerprint density at radius 1 is 1.29 bits per heavy atom. The zero-order valence-corrected chi connectivity index (χ0v) is 9.47. The van der Waals surface area contributed by atoms with Crippen molar-refractivity contribution < 1.29 is 14.3 Å². The van der Waals surface area contributed by atoms with E-state index in [0.29, 0.717) is 5.70 Å². The number of benzene rings is 1. The quantitative estimate of drug-likeness (QED) is 0.636. The summed E-state index contributed by atoms with van der Waals surface area (Å²) in [7, 11) is 0. The van der Waals surface area contributed by atoms with E-state index in [0.717, 1.165) is 5.69 Å². The molecule has 1 N–H and O–H groups in total. The number of carbonyl (C=O) groups excluding carboxylic acids is 2. The van der Waals surface area contributed by atoms with Gasteiger partial charge in [-0.15, -0.1) is 0 Å². The molecule has 0 amide bonds. The van der Waals surface area contributed by atoms with Gasteiger partial charge in [-0.1, -0.05) is 24.8 Å². The highest BCUT2D eigenvalue weighted by molar-refractivity contribution is 6.09. The van der Waals surface area contributed by atoms with Gasteiger partial charge in [-0.25, -0.2) is 0 Å². The number of cyclic esters (lactones) is 1. The minimum Gasteiger partial charge on any atom is -0.454 e. The molecule has 0 bridgehead atoms. The van der Waals surface area contributed by atoms with Gasteiger partial charge in [0, 0.05) is 11.4 Å².